The van der Waals surface area contributed by atoms with Gasteiger partial charge in [-0.25, -0.2) is 4.98 Å². The van der Waals surface area contributed by atoms with Crippen LogP contribution in [0.5, 0.6) is 0 Å². The summed E-state index contributed by atoms with van der Waals surface area (Å²) in [6.07, 6.45) is 7.11. The summed E-state index contributed by atoms with van der Waals surface area (Å²) in [4.78, 5) is 16.5. The Kier molecular flexibility index (Phi) is 2.70. The maximum Gasteiger partial charge on any atom is 0.278 e. The van der Waals surface area contributed by atoms with Crippen LogP contribution in [0.15, 0.2) is 23.0 Å². The van der Waals surface area contributed by atoms with E-state index in [1.54, 1.807) is 12.4 Å². The standard InChI is InChI=1S/C14H13N5O2/c20-14(12-10-3-1-2-4-11(10)21-19-12)17-9-5-8-6-16-18-13(8)15-7-9/h5-7H,1-4H2,(H,17,20)(H,15,16,18). The number of rotatable bonds is 2. The third-order valence-corrected chi connectivity index (χ3v) is 3.71. The second kappa shape index (κ2) is 4.69. The lowest BCUT2D eigenvalue weighted by Crippen LogP contribution is -2.15. The van der Waals surface area contributed by atoms with Crippen molar-refractivity contribution in [3.63, 3.8) is 0 Å². The zero-order valence-corrected chi connectivity index (χ0v) is 11.2. The van der Waals surface area contributed by atoms with E-state index in [1.165, 1.54) is 0 Å². The molecule has 0 saturated heterocycles. The van der Waals surface area contributed by atoms with Gasteiger partial charge in [0.05, 0.1) is 18.1 Å². The minimum atomic E-state index is -0.258. The lowest BCUT2D eigenvalue weighted by molar-refractivity contribution is 0.101. The van der Waals surface area contributed by atoms with Gasteiger partial charge in [-0.1, -0.05) is 5.16 Å². The number of pyridine rings is 1. The molecule has 0 aromatic carbocycles. The van der Waals surface area contributed by atoms with E-state index >= 15 is 0 Å². The van der Waals surface area contributed by atoms with Crippen LogP contribution in [0.2, 0.25) is 0 Å². The summed E-state index contributed by atoms with van der Waals surface area (Å²) >= 11 is 0. The minimum absolute atomic E-state index is 0.258. The Morgan fingerprint density at radius 3 is 3.14 bits per heavy atom. The number of amides is 1. The molecular formula is C14H13N5O2. The van der Waals surface area contributed by atoms with Gasteiger partial charge in [0, 0.05) is 17.4 Å². The molecule has 106 valence electrons. The average Bonchev–Trinajstić information content (AvgIpc) is 3.13. The first-order chi connectivity index (χ1) is 10.3. The molecule has 0 radical (unpaired) electrons. The van der Waals surface area contributed by atoms with Gasteiger partial charge in [0.15, 0.2) is 11.3 Å². The molecule has 3 aromatic rings. The highest BCUT2D eigenvalue weighted by Gasteiger charge is 2.24. The Labute approximate surface area is 119 Å². The molecule has 1 amide bonds. The first-order valence-corrected chi connectivity index (χ1v) is 6.89. The summed E-state index contributed by atoms with van der Waals surface area (Å²) in [5.74, 6) is 0.585. The number of fused-ring (bicyclic) bond motifs is 2. The van der Waals surface area contributed by atoms with E-state index < -0.39 is 0 Å². The molecule has 2 N–H and O–H groups in total. The summed E-state index contributed by atoms with van der Waals surface area (Å²) in [7, 11) is 0. The zero-order chi connectivity index (χ0) is 14.2. The van der Waals surface area contributed by atoms with Crippen molar-refractivity contribution in [1.82, 2.24) is 20.3 Å². The number of aromatic amines is 1. The number of anilines is 1. The Bertz CT molecular complexity index is 820. The topological polar surface area (TPSA) is 96.7 Å². The third-order valence-electron chi connectivity index (χ3n) is 3.71. The number of nitrogens with one attached hydrogen (secondary N) is 2. The molecule has 7 nitrogen and oxygen atoms in total. The molecular weight excluding hydrogens is 270 g/mol. The predicted octanol–water partition coefficient (Wildman–Crippen LogP) is 2.08. The predicted molar refractivity (Wildman–Crippen MR) is 75.0 cm³/mol. The molecule has 3 aromatic heterocycles. The van der Waals surface area contributed by atoms with Gasteiger partial charge in [-0.3, -0.25) is 9.89 Å². The van der Waals surface area contributed by atoms with Crippen molar-refractivity contribution < 1.29 is 9.32 Å². The highest BCUT2D eigenvalue weighted by Crippen LogP contribution is 2.25. The maximum atomic E-state index is 12.3. The molecule has 0 atom stereocenters. The van der Waals surface area contributed by atoms with E-state index in [9.17, 15) is 4.79 Å². The molecule has 7 heteroatoms. The van der Waals surface area contributed by atoms with Crippen molar-refractivity contribution in [2.45, 2.75) is 25.7 Å². The van der Waals surface area contributed by atoms with E-state index in [2.05, 4.69) is 25.7 Å². The van der Waals surface area contributed by atoms with E-state index in [0.717, 1.165) is 42.4 Å². The normalized spacial score (nSPS) is 14.1. The highest BCUT2D eigenvalue weighted by molar-refractivity contribution is 6.04. The molecule has 0 unspecified atom stereocenters. The average molecular weight is 283 g/mol. The largest absolute Gasteiger partial charge is 0.360 e. The smallest absolute Gasteiger partial charge is 0.278 e. The Hall–Kier alpha value is -2.70. The molecule has 0 aliphatic heterocycles. The number of hydrogen-bond donors (Lipinski definition) is 2. The Balaban J connectivity index is 1.61. The molecule has 21 heavy (non-hydrogen) atoms. The van der Waals surface area contributed by atoms with Crippen LogP contribution in [0, 0.1) is 0 Å². The molecule has 0 spiro atoms. The van der Waals surface area contributed by atoms with E-state index in [-0.39, 0.29) is 5.91 Å². The van der Waals surface area contributed by atoms with Gasteiger partial charge in [-0.05, 0) is 25.3 Å². The number of nitrogens with zero attached hydrogens (tertiary/aromatic N) is 3. The number of aryl methyl sites for hydroxylation is 1. The van der Waals surface area contributed by atoms with Gasteiger partial charge in [0.2, 0.25) is 0 Å². The summed E-state index contributed by atoms with van der Waals surface area (Å²) in [6.45, 7) is 0. The number of carbonyl (C=O) groups is 1. The Morgan fingerprint density at radius 2 is 2.19 bits per heavy atom. The summed E-state index contributed by atoms with van der Waals surface area (Å²) < 4.78 is 5.26. The highest BCUT2D eigenvalue weighted by atomic mass is 16.5. The number of H-pyrrole nitrogens is 1. The van der Waals surface area contributed by atoms with Crippen LogP contribution in [0.1, 0.15) is 34.7 Å². The maximum absolute atomic E-state index is 12.3. The lowest BCUT2D eigenvalue weighted by atomic mass is 9.96. The first-order valence-electron chi connectivity index (χ1n) is 6.89. The molecule has 1 aliphatic carbocycles. The summed E-state index contributed by atoms with van der Waals surface area (Å²) in [6, 6.07) is 1.82. The first kappa shape index (κ1) is 12.1. The van der Waals surface area contributed by atoms with Crippen molar-refractivity contribution in [2.75, 3.05) is 5.32 Å². The molecule has 1 aliphatic rings. The number of aromatic nitrogens is 4. The van der Waals surface area contributed by atoms with E-state index in [4.69, 9.17) is 4.52 Å². The van der Waals surface area contributed by atoms with Crippen LogP contribution < -0.4 is 5.32 Å². The van der Waals surface area contributed by atoms with Crippen molar-refractivity contribution >= 4 is 22.6 Å². The van der Waals surface area contributed by atoms with E-state index in [1.807, 2.05) is 6.07 Å². The molecule has 0 saturated carbocycles. The van der Waals surface area contributed by atoms with Crippen LogP contribution in [-0.2, 0) is 12.8 Å². The van der Waals surface area contributed by atoms with Crippen LogP contribution in [0.25, 0.3) is 11.0 Å². The van der Waals surface area contributed by atoms with Crippen molar-refractivity contribution in [3.8, 4) is 0 Å². The SMILES string of the molecule is O=C(Nc1cnc2[nH]ncc2c1)c1noc2c1CCCC2. The van der Waals surface area contributed by atoms with Gasteiger partial charge in [0.25, 0.3) is 5.91 Å². The van der Waals surface area contributed by atoms with Crippen LogP contribution in [0.3, 0.4) is 0 Å². The minimum Gasteiger partial charge on any atom is -0.360 e. The Morgan fingerprint density at radius 1 is 1.29 bits per heavy atom. The number of carbonyl (C=O) groups excluding carboxylic acids is 1. The quantitative estimate of drug-likeness (QED) is 0.750. The van der Waals surface area contributed by atoms with Gasteiger partial charge in [0.1, 0.15) is 5.76 Å². The number of hydrogen-bond acceptors (Lipinski definition) is 5. The van der Waals surface area contributed by atoms with E-state index in [0.29, 0.717) is 17.0 Å². The second-order valence-corrected chi connectivity index (χ2v) is 5.13. The third kappa shape index (κ3) is 2.06. The fourth-order valence-corrected chi connectivity index (χ4v) is 2.66. The zero-order valence-electron chi connectivity index (χ0n) is 11.2. The van der Waals surface area contributed by atoms with Crippen molar-refractivity contribution in [3.05, 3.63) is 35.5 Å². The lowest BCUT2D eigenvalue weighted by Gasteiger charge is -2.09. The van der Waals surface area contributed by atoms with Crippen LogP contribution >= 0.6 is 0 Å². The van der Waals surface area contributed by atoms with Gasteiger partial charge >= 0.3 is 0 Å². The van der Waals surface area contributed by atoms with Crippen molar-refractivity contribution in [2.24, 2.45) is 0 Å². The second-order valence-electron chi connectivity index (χ2n) is 5.13. The van der Waals surface area contributed by atoms with Gasteiger partial charge in [-0.15, -0.1) is 0 Å². The molecule has 0 bridgehead atoms. The van der Waals surface area contributed by atoms with Crippen LogP contribution in [-0.4, -0.2) is 26.2 Å². The van der Waals surface area contributed by atoms with Crippen LogP contribution in [0.4, 0.5) is 5.69 Å². The molecule has 0 fully saturated rings. The fourth-order valence-electron chi connectivity index (χ4n) is 2.66. The van der Waals surface area contributed by atoms with Gasteiger partial charge < -0.3 is 9.84 Å². The molecule has 3 heterocycles. The summed E-state index contributed by atoms with van der Waals surface area (Å²) in [5.41, 5.74) is 2.63. The van der Waals surface area contributed by atoms with Gasteiger partial charge in [-0.2, -0.15) is 5.10 Å². The summed E-state index contributed by atoms with van der Waals surface area (Å²) in [5, 5.41) is 14.2. The fraction of sp³-hybridized carbons (Fsp3) is 0.286. The molecule has 4 rings (SSSR count). The monoisotopic (exact) mass is 283 g/mol. The van der Waals surface area contributed by atoms with Crippen molar-refractivity contribution in [1.29, 1.82) is 0 Å².